The van der Waals surface area contributed by atoms with E-state index >= 15 is 0 Å². The fourth-order valence-corrected chi connectivity index (χ4v) is 3.19. The van der Waals surface area contributed by atoms with Crippen molar-refractivity contribution in [3.05, 3.63) is 60.7 Å². The Balaban J connectivity index is 0.00000144. The molecule has 0 radical (unpaired) electrons. The molecule has 0 aliphatic carbocycles. The first-order valence-corrected chi connectivity index (χ1v) is 6.49. The maximum atomic E-state index is 12.6. The van der Waals surface area contributed by atoms with Crippen molar-refractivity contribution in [1.29, 1.82) is 0 Å². The smallest absolute Gasteiger partial charge is 1.00 e. The van der Waals surface area contributed by atoms with Gasteiger partial charge in [0, 0.05) is 10.6 Å². The van der Waals surface area contributed by atoms with E-state index in [9.17, 15) is 4.57 Å². The second-order valence-corrected chi connectivity index (χ2v) is 5.67. The Labute approximate surface area is 119 Å². The van der Waals surface area contributed by atoms with E-state index in [1.54, 1.807) is 24.3 Å². The zero-order chi connectivity index (χ0) is 11.4. The van der Waals surface area contributed by atoms with E-state index in [1.165, 1.54) is 0 Å². The molecule has 2 aromatic carbocycles. The minimum absolute atomic E-state index is 0. The summed E-state index contributed by atoms with van der Waals surface area (Å²) in [5.74, 6) is 5.21. The van der Waals surface area contributed by atoms with Gasteiger partial charge in [-0.2, -0.15) is 0 Å². The Bertz CT molecular complexity index is 467. The monoisotopic (exact) mass is 361 g/mol. The van der Waals surface area contributed by atoms with Crippen LogP contribution in [0.5, 0.6) is 0 Å². The van der Waals surface area contributed by atoms with E-state index < -0.39 is 7.37 Å². The largest absolute Gasteiger partial charge is 1.00 e. The van der Waals surface area contributed by atoms with Gasteiger partial charge in [-0.1, -0.05) is 36.4 Å². The second-order valence-electron chi connectivity index (χ2n) is 3.33. The summed E-state index contributed by atoms with van der Waals surface area (Å²) in [6, 6.07) is 18.0. The highest BCUT2D eigenvalue weighted by atomic mass is 127. The first-order valence-electron chi connectivity index (χ1n) is 4.87. The molecule has 0 aliphatic heterocycles. The molecule has 0 amide bonds. The van der Waals surface area contributed by atoms with Crippen molar-refractivity contribution in [2.24, 2.45) is 5.90 Å². The van der Waals surface area contributed by atoms with Crippen molar-refractivity contribution in [2.45, 2.75) is 0 Å². The second kappa shape index (κ2) is 6.31. The van der Waals surface area contributed by atoms with Crippen LogP contribution in [0.4, 0.5) is 0 Å². The first-order chi connectivity index (χ1) is 7.77. The predicted molar refractivity (Wildman–Crippen MR) is 66.1 cm³/mol. The van der Waals surface area contributed by atoms with Gasteiger partial charge in [0.05, 0.1) is 0 Å². The molecule has 0 unspecified atom stereocenters. The quantitative estimate of drug-likeness (QED) is 0.430. The average molecular weight is 361 g/mol. The molecule has 0 aromatic heterocycles. The SMILES string of the molecule is NOP(=O)(c1ccccc1)c1ccccc1.[H+].[I-]. The molecule has 0 aliphatic rings. The molecular formula is C12H13INO2P. The molecule has 0 saturated heterocycles. The van der Waals surface area contributed by atoms with E-state index in [-0.39, 0.29) is 25.4 Å². The number of hydrogen-bond acceptors (Lipinski definition) is 3. The van der Waals surface area contributed by atoms with Crippen LogP contribution < -0.4 is 40.5 Å². The van der Waals surface area contributed by atoms with Crippen molar-refractivity contribution < 1.29 is 34.6 Å². The molecule has 2 N–H and O–H groups in total. The van der Waals surface area contributed by atoms with Gasteiger partial charge >= 0.3 is 1.43 Å². The maximum Gasteiger partial charge on any atom is 1.00 e. The van der Waals surface area contributed by atoms with Crippen LogP contribution >= 0.6 is 7.37 Å². The van der Waals surface area contributed by atoms with Gasteiger partial charge in [-0.05, 0) is 24.3 Å². The molecular weight excluding hydrogens is 348 g/mol. The fourth-order valence-electron chi connectivity index (χ4n) is 1.52. The summed E-state index contributed by atoms with van der Waals surface area (Å²) in [6.07, 6.45) is 0. The molecule has 17 heavy (non-hydrogen) atoms. The summed E-state index contributed by atoms with van der Waals surface area (Å²) < 4.78 is 17.4. The lowest BCUT2D eigenvalue weighted by molar-refractivity contribution is -0.00000509. The van der Waals surface area contributed by atoms with Gasteiger partial charge < -0.3 is 24.0 Å². The Morgan fingerprint density at radius 1 is 0.882 bits per heavy atom. The molecule has 3 nitrogen and oxygen atoms in total. The summed E-state index contributed by atoms with van der Waals surface area (Å²) in [7, 11) is -3.13. The van der Waals surface area contributed by atoms with Crippen LogP contribution in [0.1, 0.15) is 1.43 Å². The highest BCUT2D eigenvalue weighted by Crippen LogP contribution is 2.42. The van der Waals surface area contributed by atoms with Crippen LogP contribution in [0.15, 0.2) is 60.7 Å². The molecule has 0 heterocycles. The van der Waals surface area contributed by atoms with Gasteiger partial charge in [-0.15, -0.1) is 0 Å². The van der Waals surface area contributed by atoms with Crippen molar-refractivity contribution >= 4 is 18.0 Å². The summed E-state index contributed by atoms with van der Waals surface area (Å²) in [6.45, 7) is 0. The van der Waals surface area contributed by atoms with Gasteiger partial charge in [0.1, 0.15) is 0 Å². The maximum absolute atomic E-state index is 12.6. The van der Waals surface area contributed by atoms with Crippen molar-refractivity contribution in [2.75, 3.05) is 0 Å². The number of halogens is 1. The van der Waals surface area contributed by atoms with Gasteiger partial charge in [0.15, 0.2) is 0 Å². The summed E-state index contributed by atoms with van der Waals surface area (Å²) in [5, 5.41) is 1.20. The standard InChI is InChI=1S/C12H12NO2P.HI/c13-15-16(14,11-7-3-1-4-8-11)12-9-5-2-6-10-12;/h1-10H,13H2;1H. The van der Waals surface area contributed by atoms with Gasteiger partial charge in [-0.3, -0.25) is 4.57 Å². The van der Waals surface area contributed by atoms with E-state index in [0.29, 0.717) is 10.6 Å². The lowest BCUT2D eigenvalue weighted by Crippen LogP contribution is -3.00. The molecule has 0 spiro atoms. The molecule has 0 bridgehead atoms. The topological polar surface area (TPSA) is 52.3 Å². The molecule has 0 atom stereocenters. The highest BCUT2D eigenvalue weighted by molar-refractivity contribution is 7.74. The van der Waals surface area contributed by atoms with Gasteiger partial charge in [-0.25, -0.2) is 10.5 Å². The fraction of sp³-hybridized carbons (Fsp3) is 0. The normalized spacial score (nSPS) is 10.6. The van der Waals surface area contributed by atoms with Crippen molar-refractivity contribution in [3.8, 4) is 0 Å². The van der Waals surface area contributed by atoms with Crippen LogP contribution in [0, 0.1) is 0 Å². The minimum atomic E-state index is -3.13. The van der Waals surface area contributed by atoms with E-state index in [1.807, 2.05) is 36.4 Å². The van der Waals surface area contributed by atoms with Crippen LogP contribution in [-0.4, -0.2) is 0 Å². The van der Waals surface area contributed by atoms with Crippen LogP contribution in [0.25, 0.3) is 0 Å². The zero-order valence-corrected chi connectivity index (χ0v) is 12.0. The van der Waals surface area contributed by atoms with Crippen LogP contribution in [0.3, 0.4) is 0 Å². The third-order valence-electron chi connectivity index (χ3n) is 2.34. The third kappa shape index (κ3) is 2.96. The average Bonchev–Trinajstić information content (AvgIpc) is 2.40. The lowest BCUT2D eigenvalue weighted by atomic mass is 10.4. The Kier molecular flexibility index (Phi) is 5.33. The third-order valence-corrected chi connectivity index (χ3v) is 4.59. The highest BCUT2D eigenvalue weighted by Gasteiger charge is 2.27. The zero-order valence-electron chi connectivity index (χ0n) is 9.99. The summed E-state index contributed by atoms with van der Waals surface area (Å²) in [5.41, 5.74) is 0. The molecule has 0 fully saturated rings. The van der Waals surface area contributed by atoms with Crippen LogP contribution in [-0.2, 0) is 9.19 Å². The lowest BCUT2D eigenvalue weighted by Gasteiger charge is -2.15. The number of rotatable bonds is 3. The van der Waals surface area contributed by atoms with Crippen molar-refractivity contribution in [3.63, 3.8) is 0 Å². The molecule has 2 aromatic rings. The Morgan fingerprint density at radius 3 is 1.53 bits per heavy atom. The minimum Gasteiger partial charge on any atom is -1.00 e. The Hall–Kier alpha value is -0.680. The summed E-state index contributed by atoms with van der Waals surface area (Å²) >= 11 is 0. The Morgan fingerprint density at radius 2 is 1.24 bits per heavy atom. The molecule has 0 saturated carbocycles. The number of nitrogens with two attached hydrogens (primary N) is 1. The van der Waals surface area contributed by atoms with E-state index in [4.69, 9.17) is 10.5 Å². The van der Waals surface area contributed by atoms with Crippen LogP contribution in [0.2, 0.25) is 0 Å². The number of benzene rings is 2. The van der Waals surface area contributed by atoms with E-state index in [0.717, 1.165) is 0 Å². The number of hydrogen-bond donors (Lipinski definition) is 1. The molecule has 2 rings (SSSR count). The van der Waals surface area contributed by atoms with Crippen molar-refractivity contribution in [1.82, 2.24) is 0 Å². The van der Waals surface area contributed by atoms with Gasteiger partial charge in [0.25, 0.3) is 7.37 Å². The first kappa shape index (κ1) is 14.4. The molecule has 5 heteroatoms. The predicted octanol–water partition coefficient (Wildman–Crippen LogP) is -1.08. The summed E-state index contributed by atoms with van der Waals surface area (Å²) in [4.78, 5) is 0. The molecule has 90 valence electrons. The van der Waals surface area contributed by atoms with E-state index in [2.05, 4.69) is 0 Å². The van der Waals surface area contributed by atoms with Gasteiger partial charge in [0.2, 0.25) is 0 Å².